The summed E-state index contributed by atoms with van der Waals surface area (Å²) in [4.78, 5) is 30.2. The molecule has 0 aliphatic carbocycles. The van der Waals surface area contributed by atoms with Crippen molar-refractivity contribution in [1.82, 2.24) is 0 Å². The lowest BCUT2D eigenvalue weighted by Gasteiger charge is -2.46. The summed E-state index contributed by atoms with van der Waals surface area (Å²) in [6.45, 7) is 7.24. The summed E-state index contributed by atoms with van der Waals surface area (Å²) >= 11 is 0. The van der Waals surface area contributed by atoms with Gasteiger partial charge in [0.25, 0.3) is 0 Å². The van der Waals surface area contributed by atoms with Crippen LogP contribution in [0.4, 0.5) is 0 Å². The minimum Gasteiger partial charge on any atom is -0.463 e. The van der Waals surface area contributed by atoms with Gasteiger partial charge in [-0.25, -0.2) is 10.7 Å². The van der Waals surface area contributed by atoms with Crippen LogP contribution in [0.25, 0.3) is 0 Å². The van der Waals surface area contributed by atoms with Crippen LogP contribution in [0.15, 0.2) is 91.0 Å². The van der Waals surface area contributed by atoms with Gasteiger partial charge in [0.1, 0.15) is 36.6 Å². The van der Waals surface area contributed by atoms with E-state index in [1.165, 1.54) is 6.92 Å². The highest BCUT2D eigenvalue weighted by Gasteiger charge is 2.50. The van der Waals surface area contributed by atoms with Crippen molar-refractivity contribution >= 4 is 11.9 Å². The molecule has 0 radical (unpaired) electrons. The molecule has 10 heteroatoms. The standard InChI is InChI=1S/C36H45NO9/c1-25(38)40-24-31-33(42-22-27-16-10-6-11-17-27)34(43-23-28-18-12-7-13-19-28)32(41-21-26-14-8-5-9-15-26)29(44-31)20-30(46-37)35(39)45-36(2,3)4/h5-19,29-34H,20-24,37H2,1-4H3/t29-,30-,31?,32?,33-,34?/m1/s1. The topological polar surface area (TPSA) is 125 Å². The fraction of sp³-hybridized carbons (Fsp3) is 0.444. The molecule has 1 saturated heterocycles. The fourth-order valence-corrected chi connectivity index (χ4v) is 5.19. The van der Waals surface area contributed by atoms with Crippen molar-refractivity contribution in [3.8, 4) is 0 Å². The molecule has 46 heavy (non-hydrogen) atoms. The Morgan fingerprint density at radius 3 is 1.57 bits per heavy atom. The molecule has 3 aromatic rings. The van der Waals surface area contributed by atoms with Crippen molar-refractivity contribution in [3.63, 3.8) is 0 Å². The summed E-state index contributed by atoms with van der Waals surface area (Å²) in [5.74, 6) is 4.53. The van der Waals surface area contributed by atoms with E-state index < -0.39 is 54.2 Å². The minimum absolute atomic E-state index is 0.0158. The summed E-state index contributed by atoms with van der Waals surface area (Å²) < 4.78 is 37.3. The molecule has 248 valence electrons. The molecule has 3 unspecified atom stereocenters. The number of hydrogen-bond donors (Lipinski definition) is 1. The molecule has 0 spiro atoms. The number of carbonyl (C=O) groups is 2. The number of rotatable bonds is 15. The lowest BCUT2D eigenvalue weighted by atomic mass is 9.91. The molecule has 6 atom stereocenters. The van der Waals surface area contributed by atoms with E-state index in [1.54, 1.807) is 20.8 Å². The van der Waals surface area contributed by atoms with Gasteiger partial charge in [-0.1, -0.05) is 91.0 Å². The number of benzene rings is 3. The Labute approximate surface area is 271 Å². The Bertz CT molecular complexity index is 1330. The molecular weight excluding hydrogens is 590 g/mol. The largest absolute Gasteiger partial charge is 0.463 e. The quantitative estimate of drug-likeness (QED) is 0.179. The zero-order valence-electron chi connectivity index (χ0n) is 26.9. The molecule has 3 aromatic carbocycles. The highest BCUT2D eigenvalue weighted by Crippen LogP contribution is 2.33. The third-order valence-corrected chi connectivity index (χ3v) is 7.32. The molecule has 1 aliphatic heterocycles. The molecule has 1 aliphatic rings. The summed E-state index contributed by atoms with van der Waals surface area (Å²) in [7, 11) is 0. The van der Waals surface area contributed by atoms with Crippen molar-refractivity contribution in [1.29, 1.82) is 0 Å². The second kappa shape index (κ2) is 17.3. The Kier molecular flexibility index (Phi) is 13.3. The smallest absolute Gasteiger partial charge is 0.338 e. The third-order valence-electron chi connectivity index (χ3n) is 7.32. The Balaban J connectivity index is 1.70. The first kappa shape index (κ1) is 35.2. The van der Waals surface area contributed by atoms with E-state index in [9.17, 15) is 9.59 Å². The average Bonchev–Trinajstić information content (AvgIpc) is 3.04. The molecular formula is C36H45NO9. The maximum Gasteiger partial charge on any atom is 0.338 e. The molecule has 10 nitrogen and oxygen atoms in total. The first-order valence-corrected chi connectivity index (χ1v) is 15.5. The average molecular weight is 636 g/mol. The van der Waals surface area contributed by atoms with Gasteiger partial charge in [-0.15, -0.1) is 0 Å². The predicted molar refractivity (Wildman–Crippen MR) is 170 cm³/mol. The van der Waals surface area contributed by atoms with E-state index in [1.807, 2.05) is 91.0 Å². The molecule has 1 heterocycles. The molecule has 0 amide bonds. The maximum atomic E-state index is 13.1. The Morgan fingerprint density at radius 2 is 1.15 bits per heavy atom. The van der Waals surface area contributed by atoms with Crippen LogP contribution >= 0.6 is 0 Å². The molecule has 4 rings (SSSR count). The minimum atomic E-state index is -1.17. The summed E-state index contributed by atoms with van der Waals surface area (Å²) in [5.41, 5.74) is 2.06. The van der Waals surface area contributed by atoms with E-state index in [-0.39, 0.29) is 32.8 Å². The van der Waals surface area contributed by atoms with Crippen LogP contribution in [-0.4, -0.2) is 60.8 Å². The zero-order valence-corrected chi connectivity index (χ0v) is 26.9. The van der Waals surface area contributed by atoms with Crippen LogP contribution in [0, 0.1) is 0 Å². The summed E-state index contributed by atoms with van der Waals surface area (Å²) in [6.07, 6.45) is -4.94. The van der Waals surface area contributed by atoms with Gasteiger partial charge in [0, 0.05) is 13.3 Å². The van der Waals surface area contributed by atoms with E-state index in [2.05, 4.69) is 0 Å². The van der Waals surface area contributed by atoms with Crippen molar-refractivity contribution in [2.24, 2.45) is 5.90 Å². The van der Waals surface area contributed by atoms with Crippen LogP contribution < -0.4 is 5.90 Å². The van der Waals surface area contributed by atoms with Crippen LogP contribution in [0.5, 0.6) is 0 Å². The van der Waals surface area contributed by atoms with Gasteiger partial charge in [-0.2, -0.15) is 0 Å². The summed E-state index contributed by atoms with van der Waals surface area (Å²) in [5, 5.41) is 0. The van der Waals surface area contributed by atoms with Gasteiger partial charge < -0.3 is 28.4 Å². The molecule has 0 bridgehead atoms. The Morgan fingerprint density at radius 1 is 0.717 bits per heavy atom. The van der Waals surface area contributed by atoms with E-state index in [4.69, 9.17) is 39.2 Å². The second-order valence-electron chi connectivity index (χ2n) is 12.2. The lowest BCUT2D eigenvalue weighted by Crippen LogP contribution is -2.62. The SMILES string of the molecule is CC(=O)OCC1O[C@H](C[C@@H](ON)C(=O)OC(C)(C)C)C(OCc2ccccc2)C(OCc2ccccc2)[C@@H]1OCc1ccccc1. The number of carbonyl (C=O) groups excluding carboxylic acids is 2. The van der Waals surface area contributed by atoms with E-state index in [0.29, 0.717) is 0 Å². The molecule has 0 saturated carbocycles. The van der Waals surface area contributed by atoms with Crippen LogP contribution in [0.1, 0.15) is 50.8 Å². The first-order chi connectivity index (χ1) is 22.1. The third kappa shape index (κ3) is 11.0. The number of esters is 2. The van der Waals surface area contributed by atoms with Crippen LogP contribution in [0.3, 0.4) is 0 Å². The molecule has 0 aromatic heterocycles. The van der Waals surface area contributed by atoms with Gasteiger partial charge >= 0.3 is 11.9 Å². The highest BCUT2D eigenvalue weighted by atomic mass is 16.7. The van der Waals surface area contributed by atoms with Gasteiger partial charge in [0.15, 0.2) is 6.10 Å². The summed E-state index contributed by atoms with van der Waals surface area (Å²) in [6, 6.07) is 29.2. The number of ether oxygens (including phenoxy) is 6. The van der Waals surface area contributed by atoms with E-state index >= 15 is 0 Å². The molecule has 2 N–H and O–H groups in total. The monoisotopic (exact) mass is 635 g/mol. The van der Waals surface area contributed by atoms with Crippen molar-refractivity contribution < 1.29 is 42.8 Å². The normalized spacial score (nSPS) is 22.2. The predicted octanol–water partition coefficient (Wildman–Crippen LogP) is 5.06. The fourth-order valence-electron chi connectivity index (χ4n) is 5.19. The lowest BCUT2D eigenvalue weighted by molar-refractivity contribution is -0.275. The number of nitrogens with two attached hydrogens (primary N) is 1. The van der Waals surface area contributed by atoms with E-state index in [0.717, 1.165) is 16.7 Å². The van der Waals surface area contributed by atoms with Gasteiger partial charge in [-0.3, -0.25) is 9.63 Å². The van der Waals surface area contributed by atoms with Crippen molar-refractivity contribution in [2.75, 3.05) is 6.61 Å². The first-order valence-electron chi connectivity index (χ1n) is 15.5. The maximum absolute atomic E-state index is 13.1. The van der Waals surface area contributed by atoms with Crippen LogP contribution in [0.2, 0.25) is 0 Å². The number of hydrogen-bond acceptors (Lipinski definition) is 10. The zero-order chi connectivity index (χ0) is 32.9. The van der Waals surface area contributed by atoms with Crippen LogP contribution in [-0.2, 0) is 62.7 Å². The van der Waals surface area contributed by atoms with Gasteiger partial charge in [0.2, 0.25) is 0 Å². The van der Waals surface area contributed by atoms with Gasteiger partial charge in [0.05, 0.1) is 25.9 Å². The van der Waals surface area contributed by atoms with Crippen molar-refractivity contribution in [2.45, 2.75) is 96.2 Å². The van der Waals surface area contributed by atoms with Gasteiger partial charge in [-0.05, 0) is 37.5 Å². The van der Waals surface area contributed by atoms with Crippen molar-refractivity contribution in [3.05, 3.63) is 108 Å². The highest BCUT2D eigenvalue weighted by molar-refractivity contribution is 5.75. The second-order valence-corrected chi connectivity index (χ2v) is 12.2. The Hall–Kier alpha value is -3.64. The molecule has 1 fully saturated rings.